The summed E-state index contributed by atoms with van der Waals surface area (Å²) in [4.78, 5) is 28.3. The standard InChI is InChI=1S/C19H28N4O3/c1-14-5-6-15(12-17(14)23-11-8-21-19(23)26)18(25)20-7-10-22-9-3-2-4-16(22)13-24/h5-6,12,16,24H,2-4,7-11,13H2,1H3,(H,20,25)(H,21,26). The number of nitrogens with zero attached hydrogens (tertiary/aromatic N) is 2. The Kier molecular flexibility index (Phi) is 6.11. The van der Waals surface area contributed by atoms with Gasteiger partial charge in [-0.05, 0) is 44.0 Å². The quantitative estimate of drug-likeness (QED) is 0.709. The zero-order chi connectivity index (χ0) is 18.5. The summed E-state index contributed by atoms with van der Waals surface area (Å²) in [5, 5.41) is 15.2. The van der Waals surface area contributed by atoms with Crippen LogP contribution in [0.5, 0.6) is 0 Å². The summed E-state index contributed by atoms with van der Waals surface area (Å²) in [5.74, 6) is -0.136. The van der Waals surface area contributed by atoms with E-state index >= 15 is 0 Å². The number of carbonyl (C=O) groups is 2. The van der Waals surface area contributed by atoms with E-state index < -0.39 is 0 Å². The van der Waals surface area contributed by atoms with Gasteiger partial charge in [0.2, 0.25) is 0 Å². The van der Waals surface area contributed by atoms with Gasteiger partial charge in [-0.3, -0.25) is 14.6 Å². The van der Waals surface area contributed by atoms with Gasteiger partial charge in [0, 0.05) is 43.5 Å². The van der Waals surface area contributed by atoms with Gasteiger partial charge in [0.25, 0.3) is 5.91 Å². The van der Waals surface area contributed by atoms with Crippen molar-refractivity contribution < 1.29 is 14.7 Å². The molecule has 2 aliphatic rings. The van der Waals surface area contributed by atoms with E-state index in [2.05, 4.69) is 15.5 Å². The van der Waals surface area contributed by atoms with Crippen molar-refractivity contribution in [2.24, 2.45) is 0 Å². The van der Waals surface area contributed by atoms with E-state index in [0.29, 0.717) is 25.2 Å². The first-order valence-corrected chi connectivity index (χ1v) is 9.39. The van der Waals surface area contributed by atoms with Gasteiger partial charge < -0.3 is 15.7 Å². The van der Waals surface area contributed by atoms with Gasteiger partial charge in [0.15, 0.2) is 0 Å². The van der Waals surface area contributed by atoms with Crippen LogP contribution in [0.15, 0.2) is 18.2 Å². The molecule has 3 rings (SSSR count). The van der Waals surface area contributed by atoms with Crippen molar-refractivity contribution in [1.29, 1.82) is 0 Å². The van der Waals surface area contributed by atoms with Gasteiger partial charge in [-0.15, -0.1) is 0 Å². The van der Waals surface area contributed by atoms with Crippen LogP contribution in [0.4, 0.5) is 10.5 Å². The molecule has 0 aliphatic carbocycles. The molecule has 2 aliphatic heterocycles. The maximum absolute atomic E-state index is 12.5. The van der Waals surface area contributed by atoms with Gasteiger partial charge >= 0.3 is 6.03 Å². The van der Waals surface area contributed by atoms with Crippen LogP contribution in [0.25, 0.3) is 0 Å². The summed E-state index contributed by atoms with van der Waals surface area (Å²) in [6.45, 7) is 5.60. The first kappa shape index (κ1) is 18.7. The highest BCUT2D eigenvalue weighted by Gasteiger charge is 2.24. The lowest BCUT2D eigenvalue weighted by atomic mass is 10.0. The van der Waals surface area contributed by atoms with Gasteiger partial charge in [-0.1, -0.05) is 12.5 Å². The fraction of sp³-hybridized carbons (Fsp3) is 0.579. The van der Waals surface area contributed by atoms with Gasteiger partial charge in [-0.25, -0.2) is 4.79 Å². The van der Waals surface area contributed by atoms with Crippen molar-refractivity contribution in [2.75, 3.05) is 44.2 Å². The Labute approximate surface area is 154 Å². The van der Waals surface area contributed by atoms with Crippen molar-refractivity contribution in [1.82, 2.24) is 15.5 Å². The average Bonchev–Trinajstić information content (AvgIpc) is 3.08. The lowest BCUT2D eigenvalue weighted by Gasteiger charge is -2.34. The second-order valence-electron chi connectivity index (χ2n) is 7.01. The Bertz CT molecular complexity index is 664. The smallest absolute Gasteiger partial charge is 0.322 e. The molecule has 0 saturated carbocycles. The Morgan fingerprint density at radius 3 is 2.92 bits per heavy atom. The first-order valence-electron chi connectivity index (χ1n) is 9.39. The topological polar surface area (TPSA) is 84.9 Å². The molecule has 0 radical (unpaired) electrons. The minimum absolute atomic E-state index is 0.120. The highest BCUT2D eigenvalue weighted by Crippen LogP contribution is 2.23. The van der Waals surface area contributed by atoms with E-state index in [-0.39, 0.29) is 24.6 Å². The predicted octanol–water partition coefficient (Wildman–Crippen LogP) is 1.10. The van der Waals surface area contributed by atoms with E-state index in [1.807, 2.05) is 13.0 Å². The molecule has 2 heterocycles. The minimum Gasteiger partial charge on any atom is -0.395 e. The predicted molar refractivity (Wildman–Crippen MR) is 101 cm³/mol. The van der Waals surface area contributed by atoms with Crippen molar-refractivity contribution in [2.45, 2.75) is 32.2 Å². The molecular formula is C19H28N4O3. The molecule has 3 amide bonds. The van der Waals surface area contributed by atoms with Gasteiger partial charge in [-0.2, -0.15) is 0 Å². The fourth-order valence-corrected chi connectivity index (χ4v) is 3.72. The minimum atomic E-state index is -0.136. The summed E-state index contributed by atoms with van der Waals surface area (Å²) >= 11 is 0. The maximum atomic E-state index is 12.5. The van der Waals surface area contributed by atoms with Crippen molar-refractivity contribution in [3.63, 3.8) is 0 Å². The molecule has 0 spiro atoms. The number of hydrogen-bond acceptors (Lipinski definition) is 4. The third-order valence-corrected chi connectivity index (χ3v) is 5.26. The molecule has 1 aromatic carbocycles. The Morgan fingerprint density at radius 2 is 2.19 bits per heavy atom. The number of amides is 3. The number of aliphatic hydroxyl groups is 1. The summed E-state index contributed by atoms with van der Waals surface area (Å²) in [6, 6.07) is 5.54. The average molecular weight is 360 g/mol. The molecule has 3 N–H and O–H groups in total. The number of likely N-dealkylation sites (tertiary alicyclic amines) is 1. The maximum Gasteiger partial charge on any atom is 0.322 e. The normalized spacial score (nSPS) is 20.9. The Hall–Kier alpha value is -2.12. The molecule has 2 saturated heterocycles. The summed E-state index contributed by atoms with van der Waals surface area (Å²) < 4.78 is 0. The van der Waals surface area contributed by atoms with Crippen LogP contribution >= 0.6 is 0 Å². The lowest BCUT2D eigenvalue weighted by Crippen LogP contribution is -2.45. The van der Waals surface area contributed by atoms with Crippen LogP contribution in [-0.4, -0.2) is 67.3 Å². The number of carbonyl (C=O) groups excluding carboxylic acids is 2. The molecule has 0 bridgehead atoms. The van der Waals surface area contributed by atoms with E-state index in [1.165, 1.54) is 0 Å². The molecule has 7 nitrogen and oxygen atoms in total. The number of nitrogens with one attached hydrogen (secondary N) is 2. The van der Waals surface area contributed by atoms with Gasteiger partial charge in [0.1, 0.15) is 0 Å². The van der Waals surface area contributed by atoms with Gasteiger partial charge in [0.05, 0.1) is 6.61 Å². The largest absolute Gasteiger partial charge is 0.395 e. The van der Waals surface area contributed by atoms with E-state index in [1.54, 1.807) is 17.0 Å². The second-order valence-corrected chi connectivity index (χ2v) is 7.01. The van der Waals surface area contributed by atoms with E-state index in [9.17, 15) is 14.7 Å². The van der Waals surface area contributed by atoms with E-state index in [0.717, 1.165) is 43.6 Å². The lowest BCUT2D eigenvalue weighted by molar-refractivity contribution is 0.0849. The van der Waals surface area contributed by atoms with Crippen molar-refractivity contribution in [3.05, 3.63) is 29.3 Å². The molecule has 1 unspecified atom stereocenters. The molecular weight excluding hydrogens is 332 g/mol. The highest BCUT2D eigenvalue weighted by atomic mass is 16.3. The van der Waals surface area contributed by atoms with Crippen LogP contribution in [-0.2, 0) is 0 Å². The van der Waals surface area contributed by atoms with Crippen molar-refractivity contribution >= 4 is 17.6 Å². The first-order chi connectivity index (χ1) is 12.6. The third kappa shape index (κ3) is 4.16. The molecule has 142 valence electrons. The Morgan fingerprint density at radius 1 is 1.35 bits per heavy atom. The Balaban J connectivity index is 1.58. The number of piperidine rings is 1. The number of urea groups is 1. The van der Waals surface area contributed by atoms with Crippen LogP contribution in [0.2, 0.25) is 0 Å². The van der Waals surface area contributed by atoms with Crippen LogP contribution in [0, 0.1) is 6.92 Å². The zero-order valence-corrected chi connectivity index (χ0v) is 15.3. The number of aryl methyl sites for hydroxylation is 1. The van der Waals surface area contributed by atoms with Crippen LogP contribution < -0.4 is 15.5 Å². The number of rotatable bonds is 6. The van der Waals surface area contributed by atoms with Crippen LogP contribution in [0.3, 0.4) is 0 Å². The molecule has 0 aromatic heterocycles. The monoisotopic (exact) mass is 360 g/mol. The SMILES string of the molecule is Cc1ccc(C(=O)NCCN2CCCCC2CO)cc1N1CCNC1=O. The molecule has 26 heavy (non-hydrogen) atoms. The third-order valence-electron chi connectivity index (χ3n) is 5.26. The number of hydrogen-bond donors (Lipinski definition) is 3. The fourth-order valence-electron chi connectivity index (χ4n) is 3.72. The number of anilines is 1. The molecule has 1 atom stereocenters. The highest BCUT2D eigenvalue weighted by molar-refractivity contribution is 5.99. The number of aliphatic hydroxyl groups excluding tert-OH is 1. The number of benzene rings is 1. The molecule has 1 aromatic rings. The van der Waals surface area contributed by atoms with E-state index in [4.69, 9.17) is 0 Å². The van der Waals surface area contributed by atoms with Crippen LogP contribution in [0.1, 0.15) is 35.2 Å². The summed E-state index contributed by atoms with van der Waals surface area (Å²) in [5.41, 5.74) is 2.31. The summed E-state index contributed by atoms with van der Waals surface area (Å²) in [6.07, 6.45) is 3.32. The summed E-state index contributed by atoms with van der Waals surface area (Å²) in [7, 11) is 0. The zero-order valence-electron chi connectivity index (χ0n) is 15.3. The molecule has 2 fully saturated rings. The van der Waals surface area contributed by atoms with Crippen molar-refractivity contribution in [3.8, 4) is 0 Å². The second kappa shape index (κ2) is 8.51. The molecule has 7 heteroatoms.